The third kappa shape index (κ3) is 3.15. The molecule has 1 heterocycles. The number of carbonyl (C=O) groups is 1. The molecule has 1 N–H and O–H groups in total. The van der Waals surface area contributed by atoms with Crippen LogP contribution in [0.3, 0.4) is 0 Å². The second-order valence-corrected chi connectivity index (χ2v) is 5.85. The molecule has 0 aromatic carbocycles. The molecular weight excluding hydrogens is 222 g/mol. The zero-order valence-electron chi connectivity index (χ0n) is 8.55. The molecule has 1 aliphatic heterocycles. The minimum absolute atomic E-state index is 0.159. The third-order valence-corrected chi connectivity index (χ3v) is 4.54. The fourth-order valence-electron chi connectivity index (χ4n) is 1.48. The lowest BCUT2D eigenvalue weighted by atomic mass is 10.2. The number of likely N-dealkylation sites (N-methyl/N-ethyl adjacent to an activating group) is 1. The summed E-state index contributed by atoms with van der Waals surface area (Å²) < 4.78 is 29.5. The highest BCUT2D eigenvalue weighted by Gasteiger charge is 2.32. The van der Waals surface area contributed by atoms with Crippen molar-refractivity contribution < 1.29 is 23.1 Å². The average molecular weight is 237 g/mol. The molecule has 6 nitrogen and oxygen atoms in total. The van der Waals surface area contributed by atoms with E-state index in [2.05, 4.69) is 0 Å². The van der Waals surface area contributed by atoms with Gasteiger partial charge in [-0.1, -0.05) is 0 Å². The van der Waals surface area contributed by atoms with Crippen LogP contribution in [-0.4, -0.2) is 55.9 Å². The molecule has 1 atom stereocenters. The lowest BCUT2D eigenvalue weighted by molar-refractivity contribution is -0.137. The van der Waals surface area contributed by atoms with Gasteiger partial charge in [-0.05, 0) is 12.8 Å². The Morgan fingerprint density at radius 1 is 1.60 bits per heavy atom. The van der Waals surface area contributed by atoms with Crippen LogP contribution < -0.4 is 0 Å². The molecule has 0 bridgehead atoms. The van der Waals surface area contributed by atoms with Crippen LogP contribution in [0, 0.1) is 0 Å². The van der Waals surface area contributed by atoms with Crippen molar-refractivity contribution in [3.05, 3.63) is 0 Å². The molecule has 0 radical (unpaired) electrons. The van der Waals surface area contributed by atoms with E-state index in [0.717, 1.165) is 4.31 Å². The quantitative estimate of drug-likeness (QED) is 0.713. The summed E-state index contributed by atoms with van der Waals surface area (Å²) in [5.41, 5.74) is 0. The van der Waals surface area contributed by atoms with Crippen molar-refractivity contribution in [2.24, 2.45) is 0 Å². The Morgan fingerprint density at radius 3 is 2.73 bits per heavy atom. The fraction of sp³-hybridized carbons (Fsp3) is 0.875. The standard InChI is InChI=1S/C8H15NO5S/c1-9(5-8(10)11)15(12,13)7-3-2-4-14-6-7/h7H,2-6H2,1H3,(H,10,11). The first kappa shape index (κ1) is 12.4. The summed E-state index contributed by atoms with van der Waals surface area (Å²) in [4.78, 5) is 10.4. The summed E-state index contributed by atoms with van der Waals surface area (Å²) in [6.45, 7) is 0.236. The Hall–Kier alpha value is -0.660. The molecule has 0 saturated carbocycles. The van der Waals surface area contributed by atoms with E-state index in [9.17, 15) is 13.2 Å². The van der Waals surface area contributed by atoms with Gasteiger partial charge >= 0.3 is 5.97 Å². The predicted molar refractivity (Wildman–Crippen MR) is 53.0 cm³/mol. The average Bonchev–Trinajstić information content (AvgIpc) is 2.18. The van der Waals surface area contributed by atoms with Gasteiger partial charge in [-0.3, -0.25) is 4.79 Å². The van der Waals surface area contributed by atoms with Crippen LogP contribution in [0.5, 0.6) is 0 Å². The third-order valence-electron chi connectivity index (χ3n) is 2.33. The van der Waals surface area contributed by atoms with E-state index in [1.165, 1.54) is 7.05 Å². The number of nitrogens with zero attached hydrogens (tertiary/aromatic N) is 1. The number of carboxylic acid groups (broad SMARTS) is 1. The normalized spacial score (nSPS) is 22.9. The van der Waals surface area contributed by atoms with Crippen molar-refractivity contribution in [1.29, 1.82) is 0 Å². The van der Waals surface area contributed by atoms with E-state index >= 15 is 0 Å². The van der Waals surface area contributed by atoms with Gasteiger partial charge in [-0.2, -0.15) is 4.31 Å². The zero-order valence-corrected chi connectivity index (χ0v) is 9.37. The molecule has 1 fully saturated rings. The fourth-order valence-corrected chi connectivity index (χ4v) is 3.01. The van der Waals surface area contributed by atoms with Crippen LogP contribution >= 0.6 is 0 Å². The summed E-state index contributed by atoms with van der Waals surface area (Å²) in [5.74, 6) is -1.15. The van der Waals surface area contributed by atoms with Crippen molar-refractivity contribution in [2.75, 3.05) is 26.8 Å². The minimum Gasteiger partial charge on any atom is -0.480 e. The minimum atomic E-state index is -3.53. The molecule has 0 aliphatic carbocycles. The number of hydrogen-bond acceptors (Lipinski definition) is 4. The largest absolute Gasteiger partial charge is 0.480 e. The maximum atomic E-state index is 11.8. The first-order valence-electron chi connectivity index (χ1n) is 4.69. The number of carboxylic acids is 1. The highest BCUT2D eigenvalue weighted by molar-refractivity contribution is 7.89. The first-order valence-corrected chi connectivity index (χ1v) is 6.19. The molecule has 1 unspecified atom stereocenters. The summed E-state index contributed by atoms with van der Waals surface area (Å²) in [5, 5.41) is 7.91. The van der Waals surface area contributed by atoms with Crippen molar-refractivity contribution in [1.82, 2.24) is 4.31 Å². The molecule has 0 spiro atoms. The van der Waals surface area contributed by atoms with Crippen molar-refractivity contribution in [3.8, 4) is 0 Å². The van der Waals surface area contributed by atoms with Gasteiger partial charge < -0.3 is 9.84 Å². The number of aliphatic carboxylic acids is 1. The van der Waals surface area contributed by atoms with Gasteiger partial charge in [0.15, 0.2) is 0 Å². The number of hydrogen-bond donors (Lipinski definition) is 1. The van der Waals surface area contributed by atoms with Crippen LogP contribution in [0.4, 0.5) is 0 Å². The van der Waals surface area contributed by atoms with Crippen molar-refractivity contribution >= 4 is 16.0 Å². The van der Waals surface area contributed by atoms with Gasteiger partial charge in [0, 0.05) is 13.7 Å². The monoisotopic (exact) mass is 237 g/mol. The lowest BCUT2D eigenvalue weighted by Gasteiger charge is -2.26. The lowest BCUT2D eigenvalue weighted by Crippen LogP contribution is -2.42. The van der Waals surface area contributed by atoms with E-state index in [0.29, 0.717) is 19.4 Å². The maximum absolute atomic E-state index is 11.8. The van der Waals surface area contributed by atoms with Crippen LogP contribution in [0.25, 0.3) is 0 Å². The van der Waals surface area contributed by atoms with Crippen LogP contribution in [0.15, 0.2) is 0 Å². The summed E-state index contributed by atoms with van der Waals surface area (Å²) >= 11 is 0. The topological polar surface area (TPSA) is 83.9 Å². The summed E-state index contributed by atoms with van der Waals surface area (Å²) in [7, 11) is -2.25. The van der Waals surface area contributed by atoms with Gasteiger partial charge in [0.25, 0.3) is 0 Å². The predicted octanol–water partition coefficient (Wildman–Crippen LogP) is -0.488. The van der Waals surface area contributed by atoms with Crippen LogP contribution in [0.1, 0.15) is 12.8 Å². The van der Waals surface area contributed by atoms with E-state index in [1.54, 1.807) is 0 Å². The zero-order chi connectivity index (χ0) is 11.5. The van der Waals surface area contributed by atoms with Gasteiger partial charge in [0.1, 0.15) is 6.54 Å². The van der Waals surface area contributed by atoms with Gasteiger partial charge in [0.05, 0.1) is 11.9 Å². The SMILES string of the molecule is CN(CC(=O)O)S(=O)(=O)C1CCCOC1. The van der Waals surface area contributed by atoms with E-state index in [-0.39, 0.29) is 6.61 Å². The highest BCUT2D eigenvalue weighted by atomic mass is 32.2. The Morgan fingerprint density at radius 2 is 2.27 bits per heavy atom. The first-order chi connectivity index (χ1) is 6.94. The molecular formula is C8H15NO5S. The Kier molecular flexibility index (Phi) is 4.06. The maximum Gasteiger partial charge on any atom is 0.318 e. The Balaban J connectivity index is 2.67. The molecule has 0 amide bonds. The molecule has 88 valence electrons. The van der Waals surface area contributed by atoms with Gasteiger partial charge in [0.2, 0.25) is 10.0 Å². The highest BCUT2D eigenvalue weighted by Crippen LogP contribution is 2.17. The smallest absolute Gasteiger partial charge is 0.318 e. The molecule has 7 heteroatoms. The second-order valence-electron chi connectivity index (χ2n) is 3.53. The van der Waals surface area contributed by atoms with Gasteiger partial charge in [-0.25, -0.2) is 8.42 Å². The Labute approximate surface area is 88.9 Å². The van der Waals surface area contributed by atoms with Crippen LogP contribution in [0.2, 0.25) is 0 Å². The second kappa shape index (κ2) is 4.91. The van der Waals surface area contributed by atoms with E-state index in [4.69, 9.17) is 9.84 Å². The van der Waals surface area contributed by atoms with E-state index in [1.807, 2.05) is 0 Å². The number of ether oxygens (including phenoxy) is 1. The molecule has 1 rings (SSSR count). The van der Waals surface area contributed by atoms with Crippen molar-refractivity contribution in [2.45, 2.75) is 18.1 Å². The number of rotatable bonds is 4. The van der Waals surface area contributed by atoms with Crippen LogP contribution in [-0.2, 0) is 19.6 Å². The Bertz CT molecular complexity index is 320. The van der Waals surface area contributed by atoms with Gasteiger partial charge in [-0.15, -0.1) is 0 Å². The summed E-state index contributed by atoms with van der Waals surface area (Å²) in [6.07, 6.45) is 1.23. The summed E-state index contributed by atoms with van der Waals surface area (Å²) in [6, 6.07) is 0. The number of sulfonamides is 1. The van der Waals surface area contributed by atoms with E-state index < -0.39 is 27.8 Å². The molecule has 0 aromatic heterocycles. The molecule has 1 saturated heterocycles. The molecule has 1 aliphatic rings. The van der Waals surface area contributed by atoms with Crippen molar-refractivity contribution in [3.63, 3.8) is 0 Å². The molecule has 0 aromatic rings. The molecule has 15 heavy (non-hydrogen) atoms.